The molecule has 1 N–H and O–H groups in total. The Morgan fingerprint density at radius 2 is 2.05 bits per heavy atom. The molecule has 4 nitrogen and oxygen atoms in total. The minimum Gasteiger partial charge on any atom is -0.484 e. The number of nitrogens with zero attached hydrogens (tertiary/aromatic N) is 1. The number of rotatable bonds is 4. The number of nitriles is 1. The average molecular weight is 287 g/mol. The van der Waals surface area contributed by atoms with E-state index >= 15 is 0 Å². The molecule has 0 bridgehead atoms. The summed E-state index contributed by atoms with van der Waals surface area (Å²) in [4.78, 5) is 11.7. The minimum absolute atomic E-state index is 0.128. The van der Waals surface area contributed by atoms with E-state index in [1.54, 1.807) is 48.5 Å². The van der Waals surface area contributed by atoms with Crippen molar-refractivity contribution in [2.75, 3.05) is 11.9 Å². The largest absolute Gasteiger partial charge is 0.484 e. The third-order valence-corrected chi connectivity index (χ3v) is 2.68. The van der Waals surface area contributed by atoms with Gasteiger partial charge >= 0.3 is 0 Å². The molecule has 0 aliphatic rings. The Hall–Kier alpha value is -2.51. The van der Waals surface area contributed by atoms with E-state index in [4.69, 9.17) is 21.6 Å². The first kappa shape index (κ1) is 13.9. The Morgan fingerprint density at radius 1 is 1.25 bits per heavy atom. The van der Waals surface area contributed by atoms with Gasteiger partial charge < -0.3 is 10.1 Å². The van der Waals surface area contributed by atoms with Gasteiger partial charge in [-0.15, -0.1) is 0 Å². The number of nitrogens with one attached hydrogen (secondary N) is 1. The molecular formula is C15H11ClN2O2. The molecular weight excluding hydrogens is 276 g/mol. The Kier molecular flexibility index (Phi) is 4.59. The molecule has 2 rings (SSSR count). The second-order valence-electron chi connectivity index (χ2n) is 3.99. The maximum atomic E-state index is 11.7. The van der Waals surface area contributed by atoms with Gasteiger partial charge in [-0.25, -0.2) is 0 Å². The summed E-state index contributed by atoms with van der Waals surface area (Å²) in [5.41, 5.74) is 1.04. The first-order valence-corrected chi connectivity index (χ1v) is 6.23. The Labute approximate surface area is 121 Å². The highest BCUT2D eigenvalue weighted by Gasteiger charge is 2.04. The van der Waals surface area contributed by atoms with Gasteiger partial charge in [-0.3, -0.25) is 4.79 Å². The van der Waals surface area contributed by atoms with E-state index in [0.29, 0.717) is 22.0 Å². The zero-order valence-electron chi connectivity index (χ0n) is 10.5. The number of benzene rings is 2. The maximum absolute atomic E-state index is 11.7. The van der Waals surface area contributed by atoms with Crippen molar-refractivity contribution < 1.29 is 9.53 Å². The van der Waals surface area contributed by atoms with Crippen molar-refractivity contribution in [2.45, 2.75) is 0 Å². The van der Waals surface area contributed by atoms with Crippen molar-refractivity contribution in [2.24, 2.45) is 0 Å². The summed E-state index contributed by atoms with van der Waals surface area (Å²) in [6.45, 7) is -0.128. The lowest BCUT2D eigenvalue weighted by Gasteiger charge is -2.07. The standard InChI is InChI=1S/C15H11ClN2O2/c16-12-4-2-6-14(8-12)20-10-15(19)18-13-5-1-3-11(7-13)9-17/h1-8H,10H2,(H,18,19). The van der Waals surface area contributed by atoms with E-state index in [1.807, 2.05) is 6.07 Å². The molecule has 2 aromatic rings. The van der Waals surface area contributed by atoms with E-state index in [2.05, 4.69) is 5.32 Å². The summed E-state index contributed by atoms with van der Waals surface area (Å²) < 4.78 is 5.32. The van der Waals surface area contributed by atoms with Crippen LogP contribution < -0.4 is 10.1 Å². The highest BCUT2D eigenvalue weighted by atomic mass is 35.5. The summed E-state index contributed by atoms with van der Waals surface area (Å²) in [7, 11) is 0. The lowest BCUT2D eigenvalue weighted by atomic mass is 10.2. The van der Waals surface area contributed by atoms with Gasteiger partial charge in [0.2, 0.25) is 0 Å². The molecule has 0 aliphatic carbocycles. The van der Waals surface area contributed by atoms with Gasteiger partial charge in [-0.1, -0.05) is 23.7 Å². The molecule has 0 aliphatic heterocycles. The Morgan fingerprint density at radius 3 is 2.80 bits per heavy atom. The normalized spacial score (nSPS) is 9.60. The number of halogens is 1. The fourth-order valence-corrected chi connectivity index (χ4v) is 1.75. The summed E-state index contributed by atoms with van der Waals surface area (Å²) in [5, 5.41) is 12.0. The van der Waals surface area contributed by atoms with Crippen LogP contribution in [-0.4, -0.2) is 12.5 Å². The van der Waals surface area contributed by atoms with Crippen LogP contribution in [0.3, 0.4) is 0 Å². The van der Waals surface area contributed by atoms with Gasteiger partial charge in [0.1, 0.15) is 5.75 Å². The third kappa shape index (κ3) is 4.01. The minimum atomic E-state index is -0.305. The Bertz CT molecular complexity index is 665. The van der Waals surface area contributed by atoms with Crippen LogP contribution in [0.4, 0.5) is 5.69 Å². The molecule has 0 heterocycles. The number of carbonyl (C=O) groups excluding carboxylic acids is 1. The van der Waals surface area contributed by atoms with Gasteiger partial charge in [0.05, 0.1) is 11.6 Å². The van der Waals surface area contributed by atoms with Crippen LogP contribution in [0.2, 0.25) is 5.02 Å². The van der Waals surface area contributed by atoms with Gasteiger partial charge in [0, 0.05) is 10.7 Å². The number of hydrogen-bond donors (Lipinski definition) is 1. The highest BCUT2D eigenvalue weighted by Crippen LogP contribution is 2.17. The highest BCUT2D eigenvalue weighted by molar-refractivity contribution is 6.30. The topological polar surface area (TPSA) is 62.1 Å². The smallest absolute Gasteiger partial charge is 0.262 e. The second kappa shape index (κ2) is 6.60. The summed E-state index contributed by atoms with van der Waals surface area (Å²) in [6, 6.07) is 15.5. The lowest BCUT2D eigenvalue weighted by Crippen LogP contribution is -2.20. The van der Waals surface area contributed by atoms with Crippen LogP contribution in [0.15, 0.2) is 48.5 Å². The molecule has 0 unspecified atom stereocenters. The molecule has 5 heteroatoms. The predicted molar refractivity (Wildman–Crippen MR) is 76.7 cm³/mol. The van der Waals surface area contributed by atoms with Crippen LogP contribution in [-0.2, 0) is 4.79 Å². The van der Waals surface area contributed by atoms with Crippen molar-refractivity contribution in [3.63, 3.8) is 0 Å². The third-order valence-electron chi connectivity index (χ3n) is 2.44. The quantitative estimate of drug-likeness (QED) is 0.938. The molecule has 1 amide bonds. The first-order valence-electron chi connectivity index (χ1n) is 5.86. The number of ether oxygens (including phenoxy) is 1. The summed E-state index contributed by atoms with van der Waals surface area (Å²) in [6.07, 6.45) is 0. The summed E-state index contributed by atoms with van der Waals surface area (Å²) >= 11 is 5.81. The van der Waals surface area contributed by atoms with Crippen molar-refractivity contribution >= 4 is 23.2 Å². The number of amides is 1. The SMILES string of the molecule is N#Cc1cccc(NC(=O)COc2cccc(Cl)c2)c1. The monoisotopic (exact) mass is 286 g/mol. The molecule has 0 aromatic heterocycles. The van der Waals surface area contributed by atoms with Gasteiger partial charge in [0.15, 0.2) is 6.61 Å². The average Bonchev–Trinajstić information content (AvgIpc) is 2.45. The van der Waals surface area contributed by atoms with Crippen molar-refractivity contribution in [1.82, 2.24) is 0 Å². The van der Waals surface area contributed by atoms with E-state index in [-0.39, 0.29) is 12.5 Å². The lowest BCUT2D eigenvalue weighted by molar-refractivity contribution is -0.118. The van der Waals surface area contributed by atoms with Crippen molar-refractivity contribution in [1.29, 1.82) is 5.26 Å². The molecule has 0 saturated heterocycles. The van der Waals surface area contributed by atoms with Crippen molar-refractivity contribution in [3.05, 3.63) is 59.1 Å². The predicted octanol–water partition coefficient (Wildman–Crippen LogP) is 3.23. The molecule has 2 aromatic carbocycles. The zero-order chi connectivity index (χ0) is 14.4. The van der Waals surface area contributed by atoms with E-state index in [9.17, 15) is 4.79 Å². The molecule has 0 atom stereocenters. The molecule has 0 saturated carbocycles. The number of carbonyl (C=O) groups is 1. The van der Waals surface area contributed by atoms with Gasteiger partial charge in [-0.2, -0.15) is 5.26 Å². The van der Waals surface area contributed by atoms with E-state index in [1.165, 1.54) is 0 Å². The van der Waals surface area contributed by atoms with Crippen LogP contribution in [0.25, 0.3) is 0 Å². The molecule has 100 valence electrons. The fraction of sp³-hybridized carbons (Fsp3) is 0.0667. The van der Waals surface area contributed by atoms with Crippen molar-refractivity contribution in [3.8, 4) is 11.8 Å². The number of anilines is 1. The maximum Gasteiger partial charge on any atom is 0.262 e. The van der Waals surface area contributed by atoms with Crippen LogP contribution >= 0.6 is 11.6 Å². The molecule has 0 spiro atoms. The van der Waals surface area contributed by atoms with Gasteiger partial charge in [0.25, 0.3) is 5.91 Å². The van der Waals surface area contributed by atoms with Crippen LogP contribution in [0, 0.1) is 11.3 Å². The van der Waals surface area contributed by atoms with Gasteiger partial charge in [-0.05, 0) is 36.4 Å². The van der Waals surface area contributed by atoms with Crippen LogP contribution in [0.5, 0.6) is 5.75 Å². The van der Waals surface area contributed by atoms with Crippen LogP contribution in [0.1, 0.15) is 5.56 Å². The number of hydrogen-bond acceptors (Lipinski definition) is 3. The fourth-order valence-electron chi connectivity index (χ4n) is 1.57. The van der Waals surface area contributed by atoms with E-state index < -0.39 is 0 Å². The summed E-state index contributed by atoms with van der Waals surface area (Å²) in [5.74, 6) is 0.221. The Balaban J connectivity index is 1.91. The zero-order valence-corrected chi connectivity index (χ0v) is 11.2. The van der Waals surface area contributed by atoms with E-state index in [0.717, 1.165) is 0 Å². The molecule has 20 heavy (non-hydrogen) atoms. The molecule has 0 fully saturated rings. The second-order valence-corrected chi connectivity index (χ2v) is 4.42. The first-order chi connectivity index (χ1) is 9.67. The molecule has 0 radical (unpaired) electrons.